The number of hydrogen-bond acceptors (Lipinski definition) is 3. The smallest absolute Gasteiger partial charge is 0.0636 e. The van der Waals surface area contributed by atoms with Gasteiger partial charge in [-0.3, -0.25) is 0 Å². The lowest BCUT2D eigenvalue weighted by Gasteiger charge is -2.08. The summed E-state index contributed by atoms with van der Waals surface area (Å²) in [6.45, 7) is 7.24. The number of aliphatic hydroxyl groups excluding tert-OH is 1. The van der Waals surface area contributed by atoms with Gasteiger partial charge in [0.2, 0.25) is 0 Å². The van der Waals surface area contributed by atoms with Gasteiger partial charge in [0, 0.05) is 26.2 Å². The molecule has 1 unspecified atom stereocenters. The molecule has 0 heterocycles. The van der Waals surface area contributed by atoms with Crippen molar-refractivity contribution in [1.29, 1.82) is 0 Å². The van der Waals surface area contributed by atoms with Crippen molar-refractivity contribution in [3.8, 4) is 0 Å². The molecule has 0 radical (unpaired) electrons. The largest absolute Gasteiger partial charge is 0.392 e. The molecule has 1 atom stereocenters. The molecule has 1 aromatic rings. The molecule has 3 N–H and O–H groups in total. The van der Waals surface area contributed by atoms with Crippen LogP contribution in [0.25, 0.3) is 0 Å². The van der Waals surface area contributed by atoms with E-state index in [1.165, 1.54) is 11.1 Å². The van der Waals surface area contributed by atoms with Crippen molar-refractivity contribution in [2.24, 2.45) is 0 Å². The Hall–Kier alpha value is -0.900. The van der Waals surface area contributed by atoms with Crippen molar-refractivity contribution >= 4 is 0 Å². The van der Waals surface area contributed by atoms with Crippen molar-refractivity contribution in [3.05, 3.63) is 35.4 Å². The fourth-order valence-corrected chi connectivity index (χ4v) is 1.43. The Morgan fingerprint density at radius 2 is 1.75 bits per heavy atom. The second kappa shape index (κ2) is 7.39. The summed E-state index contributed by atoms with van der Waals surface area (Å²) >= 11 is 0. The number of aliphatic hydroxyl groups is 1. The van der Waals surface area contributed by atoms with Crippen LogP contribution in [-0.4, -0.2) is 30.8 Å². The van der Waals surface area contributed by atoms with Crippen LogP contribution < -0.4 is 10.6 Å². The lowest BCUT2D eigenvalue weighted by Crippen LogP contribution is -2.31. The van der Waals surface area contributed by atoms with Crippen LogP contribution in [0.5, 0.6) is 0 Å². The fraction of sp³-hybridized carbons (Fsp3) is 0.538. The van der Waals surface area contributed by atoms with Crippen molar-refractivity contribution in [2.75, 3.05) is 19.6 Å². The van der Waals surface area contributed by atoms with E-state index in [-0.39, 0.29) is 6.10 Å². The molecule has 0 aliphatic heterocycles. The Labute approximate surface area is 97.9 Å². The molecular weight excluding hydrogens is 200 g/mol. The average molecular weight is 222 g/mol. The van der Waals surface area contributed by atoms with E-state index < -0.39 is 0 Å². The Morgan fingerprint density at radius 1 is 1.12 bits per heavy atom. The zero-order valence-corrected chi connectivity index (χ0v) is 10.2. The van der Waals surface area contributed by atoms with Crippen LogP contribution in [0.2, 0.25) is 0 Å². The van der Waals surface area contributed by atoms with Crippen molar-refractivity contribution in [1.82, 2.24) is 10.6 Å². The third kappa shape index (κ3) is 5.85. The molecular formula is C13H22N2O. The molecule has 1 rings (SSSR count). The van der Waals surface area contributed by atoms with Gasteiger partial charge in [-0.25, -0.2) is 0 Å². The molecule has 0 spiro atoms. The minimum absolute atomic E-state index is 0.267. The molecule has 0 saturated carbocycles. The van der Waals surface area contributed by atoms with Gasteiger partial charge in [0.25, 0.3) is 0 Å². The molecule has 0 aromatic heterocycles. The summed E-state index contributed by atoms with van der Waals surface area (Å²) in [5.41, 5.74) is 2.60. The molecule has 0 aliphatic carbocycles. The van der Waals surface area contributed by atoms with Crippen LogP contribution >= 0.6 is 0 Å². The van der Waals surface area contributed by atoms with Gasteiger partial charge >= 0.3 is 0 Å². The number of benzene rings is 1. The van der Waals surface area contributed by atoms with Crippen LogP contribution in [-0.2, 0) is 6.54 Å². The van der Waals surface area contributed by atoms with Gasteiger partial charge in [-0.15, -0.1) is 0 Å². The van der Waals surface area contributed by atoms with Crippen LogP contribution in [0.3, 0.4) is 0 Å². The molecule has 16 heavy (non-hydrogen) atoms. The van der Waals surface area contributed by atoms with Gasteiger partial charge in [0.1, 0.15) is 0 Å². The highest BCUT2D eigenvalue weighted by molar-refractivity contribution is 5.20. The minimum atomic E-state index is -0.267. The maximum Gasteiger partial charge on any atom is 0.0636 e. The number of aryl methyl sites for hydroxylation is 1. The first-order chi connectivity index (χ1) is 7.68. The molecule has 3 heteroatoms. The second-order valence-corrected chi connectivity index (χ2v) is 4.22. The first-order valence-corrected chi connectivity index (χ1v) is 5.83. The van der Waals surface area contributed by atoms with Gasteiger partial charge in [0.05, 0.1) is 6.10 Å². The van der Waals surface area contributed by atoms with E-state index in [1.807, 2.05) is 0 Å². The zero-order valence-electron chi connectivity index (χ0n) is 10.2. The summed E-state index contributed by atoms with van der Waals surface area (Å²) in [6.07, 6.45) is -0.267. The Balaban J connectivity index is 2.05. The third-order valence-corrected chi connectivity index (χ3v) is 2.37. The molecule has 0 saturated heterocycles. The lowest BCUT2D eigenvalue weighted by molar-refractivity contribution is 0.191. The van der Waals surface area contributed by atoms with Crippen LogP contribution in [0.15, 0.2) is 24.3 Å². The molecule has 0 amide bonds. The van der Waals surface area contributed by atoms with Gasteiger partial charge in [-0.1, -0.05) is 29.8 Å². The topological polar surface area (TPSA) is 44.3 Å². The van der Waals surface area contributed by atoms with Gasteiger partial charge in [0.15, 0.2) is 0 Å². The molecule has 0 fully saturated rings. The Bertz CT molecular complexity index is 282. The molecule has 0 bridgehead atoms. The quantitative estimate of drug-likeness (QED) is 0.604. The number of hydrogen-bond donors (Lipinski definition) is 3. The Morgan fingerprint density at radius 3 is 2.38 bits per heavy atom. The van der Waals surface area contributed by atoms with Gasteiger partial charge in [-0.2, -0.15) is 0 Å². The summed E-state index contributed by atoms with van der Waals surface area (Å²) < 4.78 is 0. The Kier molecular flexibility index (Phi) is 6.08. The van der Waals surface area contributed by atoms with E-state index in [1.54, 1.807) is 6.92 Å². The lowest BCUT2D eigenvalue weighted by atomic mass is 10.1. The zero-order chi connectivity index (χ0) is 11.8. The molecule has 1 aromatic carbocycles. The molecule has 3 nitrogen and oxygen atoms in total. The van der Waals surface area contributed by atoms with Crippen LogP contribution in [0.4, 0.5) is 0 Å². The first-order valence-electron chi connectivity index (χ1n) is 5.83. The highest BCUT2D eigenvalue weighted by atomic mass is 16.3. The van der Waals surface area contributed by atoms with Crippen LogP contribution in [0.1, 0.15) is 18.1 Å². The van der Waals surface area contributed by atoms with Crippen molar-refractivity contribution in [3.63, 3.8) is 0 Å². The monoisotopic (exact) mass is 222 g/mol. The summed E-state index contributed by atoms with van der Waals surface area (Å²) in [5.74, 6) is 0. The maximum absolute atomic E-state index is 9.03. The number of nitrogens with one attached hydrogen (secondary N) is 2. The summed E-state index contributed by atoms with van der Waals surface area (Å²) in [7, 11) is 0. The van der Waals surface area contributed by atoms with Crippen LogP contribution in [0, 0.1) is 6.92 Å². The molecule has 90 valence electrons. The average Bonchev–Trinajstić information content (AvgIpc) is 2.25. The third-order valence-electron chi connectivity index (χ3n) is 2.37. The van der Waals surface area contributed by atoms with E-state index in [0.717, 1.165) is 19.6 Å². The van der Waals surface area contributed by atoms with Gasteiger partial charge < -0.3 is 15.7 Å². The highest BCUT2D eigenvalue weighted by Crippen LogP contribution is 2.01. The van der Waals surface area contributed by atoms with E-state index in [9.17, 15) is 0 Å². The maximum atomic E-state index is 9.03. The van der Waals surface area contributed by atoms with E-state index >= 15 is 0 Å². The molecule has 0 aliphatic rings. The predicted octanol–water partition coefficient (Wildman–Crippen LogP) is 1.06. The van der Waals surface area contributed by atoms with E-state index in [2.05, 4.69) is 41.8 Å². The second-order valence-electron chi connectivity index (χ2n) is 4.22. The summed E-state index contributed by atoms with van der Waals surface area (Å²) in [6, 6.07) is 8.54. The van der Waals surface area contributed by atoms with Crippen molar-refractivity contribution < 1.29 is 5.11 Å². The minimum Gasteiger partial charge on any atom is -0.392 e. The normalized spacial score (nSPS) is 12.7. The predicted molar refractivity (Wildman–Crippen MR) is 67.4 cm³/mol. The highest BCUT2D eigenvalue weighted by Gasteiger charge is 1.94. The van der Waals surface area contributed by atoms with E-state index in [0.29, 0.717) is 6.54 Å². The number of rotatable bonds is 7. The SMILES string of the molecule is Cc1ccc(CNCCNCC(C)O)cc1. The van der Waals surface area contributed by atoms with Crippen molar-refractivity contribution in [2.45, 2.75) is 26.5 Å². The fourth-order valence-electron chi connectivity index (χ4n) is 1.43. The standard InChI is InChI=1S/C13H22N2O/c1-11-3-5-13(6-4-11)10-15-8-7-14-9-12(2)16/h3-6,12,14-16H,7-10H2,1-2H3. The van der Waals surface area contributed by atoms with E-state index in [4.69, 9.17) is 5.11 Å². The summed E-state index contributed by atoms with van der Waals surface area (Å²) in [4.78, 5) is 0. The summed E-state index contributed by atoms with van der Waals surface area (Å²) in [5, 5.41) is 15.5. The van der Waals surface area contributed by atoms with Gasteiger partial charge in [-0.05, 0) is 19.4 Å². The first kappa shape index (κ1) is 13.2.